The summed E-state index contributed by atoms with van der Waals surface area (Å²) in [6.07, 6.45) is 1.55. The highest BCUT2D eigenvalue weighted by molar-refractivity contribution is 6.06. The number of rotatable bonds is 2. The topological polar surface area (TPSA) is 56.4 Å². The quantitative estimate of drug-likeness (QED) is 0.918. The normalized spacial score (nSPS) is 19.5. The summed E-state index contributed by atoms with van der Waals surface area (Å²) in [5.74, 6) is -0.00398. The highest BCUT2D eigenvalue weighted by atomic mass is 16.2. The Balaban J connectivity index is 1.96. The number of H-pyrrole nitrogens is 1. The molecule has 1 amide bonds. The number of nitrogens with zero attached hydrogens (tertiary/aromatic N) is 2. The van der Waals surface area contributed by atoms with Crippen molar-refractivity contribution in [3.8, 4) is 0 Å². The van der Waals surface area contributed by atoms with E-state index in [0.29, 0.717) is 10.9 Å². The Morgan fingerprint density at radius 1 is 1.27 bits per heavy atom. The van der Waals surface area contributed by atoms with E-state index in [9.17, 15) is 9.59 Å². The predicted molar refractivity (Wildman–Crippen MR) is 87.2 cm³/mol. The molecule has 116 valence electrons. The largest absolute Gasteiger partial charge is 0.333 e. The van der Waals surface area contributed by atoms with Gasteiger partial charge >= 0.3 is 0 Å². The summed E-state index contributed by atoms with van der Waals surface area (Å²) in [5.41, 5.74) is 0.419. The molecule has 5 nitrogen and oxygen atoms in total. The molecule has 0 saturated carbocycles. The number of nitrogens with one attached hydrogen (secondary N) is 1. The lowest BCUT2D eigenvalue weighted by Crippen LogP contribution is -2.53. The number of pyridine rings is 1. The van der Waals surface area contributed by atoms with Crippen LogP contribution in [0.4, 0.5) is 0 Å². The SMILES string of the molecule is CCN1CCN(C(=O)c2c[nH]c(=O)c3ccccc23)C(C)C1. The molecule has 0 aliphatic carbocycles. The van der Waals surface area contributed by atoms with Crippen LogP contribution in [-0.4, -0.2) is 52.9 Å². The predicted octanol–water partition coefficient (Wildman–Crippen LogP) is 1.69. The summed E-state index contributed by atoms with van der Waals surface area (Å²) in [6.45, 7) is 7.74. The summed E-state index contributed by atoms with van der Waals surface area (Å²) in [7, 11) is 0. The van der Waals surface area contributed by atoms with Crippen molar-refractivity contribution in [2.45, 2.75) is 19.9 Å². The van der Waals surface area contributed by atoms with Crippen LogP contribution in [0.1, 0.15) is 24.2 Å². The smallest absolute Gasteiger partial charge is 0.256 e. The van der Waals surface area contributed by atoms with Crippen LogP contribution in [0.2, 0.25) is 0 Å². The van der Waals surface area contributed by atoms with Crippen molar-refractivity contribution in [1.29, 1.82) is 0 Å². The number of hydrogen-bond donors (Lipinski definition) is 1. The number of fused-ring (bicyclic) bond motifs is 1. The average Bonchev–Trinajstić information content (AvgIpc) is 2.55. The molecule has 1 aliphatic rings. The summed E-state index contributed by atoms with van der Waals surface area (Å²) in [4.78, 5) is 31.7. The summed E-state index contributed by atoms with van der Waals surface area (Å²) >= 11 is 0. The van der Waals surface area contributed by atoms with Crippen LogP contribution >= 0.6 is 0 Å². The van der Waals surface area contributed by atoms with Crippen LogP contribution in [0.25, 0.3) is 10.8 Å². The maximum Gasteiger partial charge on any atom is 0.256 e. The van der Waals surface area contributed by atoms with Crippen molar-refractivity contribution in [2.24, 2.45) is 0 Å². The van der Waals surface area contributed by atoms with Gasteiger partial charge in [0.25, 0.3) is 11.5 Å². The van der Waals surface area contributed by atoms with E-state index < -0.39 is 0 Å². The minimum absolute atomic E-state index is 0.00398. The van der Waals surface area contributed by atoms with Gasteiger partial charge in [0.05, 0.1) is 5.56 Å². The van der Waals surface area contributed by atoms with Crippen molar-refractivity contribution in [3.63, 3.8) is 0 Å². The van der Waals surface area contributed by atoms with E-state index in [1.54, 1.807) is 12.3 Å². The van der Waals surface area contributed by atoms with Gasteiger partial charge in [-0.2, -0.15) is 0 Å². The van der Waals surface area contributed by atoms with Gasteiger partial charge in [0, 0.05) is 42.6 Å². The monoisotopic (exact) mass is 299 g/mol. The van der Waals surface area contributed by atoms with Crippen molar-refractivity contribution < 1.29 is 4.79 Å². The van der Waals surface area contributed by atoms with Gasteiger partial charge in [0.2, 0.25) is 0 Å². The maximum absolute atomic E-state index is 12.9. The van der Waals surface area contributed by atoms with Gasteiger partial charge in [-0.05, 0) is 19.5 Å². The van der Waals surface area contributed by atoms with Crippen LogP contribution in [-0.2, 0) is 0 Å². The maximum atomic E-state index is 12.9. The second kappa shape index (κ2) is 5.93. The third kappa shape index (κ3) is 2.52. The average molecular weight is 299 g/mol. The van der Waals surface area contributed by atoms with E-state index in [1.807, 2.05) is 23.1 Å². The molecular weight excluding hydrogens is 278 g/mol. The Bertz CT molecular complexity index is 753. The van der Waals surface area contributed by atoms with E-state index in [-0.39, 0.29) is 17.5 Å². The molecule has 3 rings (SSSR count). The molecule has 1 saturated heterocycles. The number of likely N-dealkylation sites (N-methyl/N-ethyl adjacent to an activating group) is 1. The zero-order valence-electron chi connectivity index (χ0n) is 13.0. The Morgan fingerprint density at radius 2 is 2.00 bits per heavy atom. The van der Waals surface area contributed by atoms with Gasteiger partial charge in [-0.1, -0.05) is 25.1 Å². The van der Waals surface area contributed by atoms with Crippen LogP contribution in [0, 0.1) is 0 Å². The molecule has 0 bridgehead atoms. The molecular formula is C17H21N3O2. The molecule has 2 aromatic rings. The number of carbonyl (C=O) groups excluding carboxylic acids is 1. The molecule has 0 spiro atoms. The van der Waals surface area contributed by atoms with E-state index in [4.69, 9.17) is 0 Å². The Kier molecular flexibility index (Phi) is 3.98. The first kappa shape index (κ1) is 14.8. The van der Waals surface area contributed by atoms with Crippen LogP contribution < -0.4 is 5.56 Å². The molecule has 1 aromatic heterocycles. The molecule has 1 N–H and O–H groups in total. The van der Waals surface area contributed by atoms with Crippen LogP contribution in [0.3, 0.4) is 0 Å². The Morgan fingerprint density at radius 3 is 2.68 bits per heavy atom. The van der Waals surface area contributed by atoms with Crippen molar-refractivity contribution in [1.82, 2.24) is 14.8 Å². The van der Waals surface area contributed by atoms with E-state index in [1.165, 1.54) is 0 Å². The number of piperazine rings is 1. The molecule has 1 aromatic carbocycles. The summed E-state index contributed by atoms with van der Waals surface area (Å²) in [6, 6.07) is 7.44. The van der Waals surface area contributed by atoms with Gasteiger partial charge < -0.3 is 9.88 Å². The molecule has 22 heavy (non-hydrogen) atoms. The lowest BCUT2D eigenvalue weighted by molar-refractivity contribution is 0.0501. The van der Waals surface area contributed by atoms with Crippen molar-refractivity contribution in [2.75, 3.05) is 26.2 Å². The standard InChI is InChI=1S/C17H21N3O2/c1-3-19-8-9-20(12(2)11-19)17(22)15-10-18-16(21)14-7-5-4-6-13(14)15/h4-7,10,12H,3,8-9,11H2,1-2H3,(H,18,21). The number of aromatic amines is 1. The van der Waals surface area contributed by atoms with E-state index in [2.05, 4.69) is 23.7 Å². The van der Waals surface area contributed by atoms with Gasteiger partial charge in [-0.3, -0.25) is 14.5 Å². The number of aromatic nitrogens is 1. The van der Waals surface area contributed by atoms with Crippen molar-refractivity contribution >= 4 is 16.7 Å². The Hall–Kier alpha value is -2.14. The summed E-state index contributed by atoms with van der Waals surface area (Å²) in [5, 5.41) is 1.29. The second-order valence-corrected chi connectivity index (χ2v) is 5.82. The molecule has 1 atom stereocenters. The fourth-order valence-corrected chi connectivity index (χ4v) is 3.16. The van der Waals surface area contributed by atoms with Gasteiger partial charge in [-0.25, -0.2) is 0 Å². The summed E-state index contributed by atoms with van der Waals surface area (Å²) < 4.78 is 0. The molecule has 0 radical (unpaired) electrons. The minimum Gasteiger partial charge on any atom is -0.333 e. The molecule has 1 aliphatic heterocycles. The first-order chi connectivity index (χ1) is 10.6. The molecule has 5 heteroatoms. The second-order valence-electron chi connectivity index (χ2n) is 5.82. The number of hydrogen-bond acceptors (Lipinski definition) is 3. The van der Waals surface area contributed by atoms with Gasteiger partial charge in [0.15, 0.2) is 0 Å². The van der Waals surface area contributed by atoms with Gasteiger partial charge in [0.1, 0.15) is 0 Å². The highest BCUT2D eigenvalue weighted by Gasteiger charge is 2.28. The van der Waals surface area contributed by atoms with Crippen LogP contribution in [0.15, 0.2) is 35.3 Å². The molecule has 2 heterocycles. The first-order valence-corrected chi connectivity index (χ1v) is 7.75. The zero-order valence-corrected chi connectivity index (χ0v) is 13.0. The highest BCUT2D eigenvalue weighted by Crippen LogP contribution is 2.19. The molecule has 1 unspecified atom stereocenters. The number of carbonyl (C=O) groups is 1. The fraction of sp³-hybridized carbons (Fsp3) is 0.412. The van der Waals surface area contributed by atoms with Gasteiger partial charge in [-0.15, -0.1) is 0 Å². The lowest BCUT2D eigenvalue weighted by Gasteiger charge is -2.39. The third-order valence-electron chi connectivity index (χ3n) is 4.46. The minimum atomic E-state index is -0.156. The van der Waals surface area contributed by atoms with Crippen molar-refractivity contribution in [3.05, 3.63) is 46.4 Å². The third-order valence-corrected chi connectivity index (χ3v) is 4.46. The first-order valence-electron chi connectivity index (χ1n) is 7.75. The lowest BCUT2D eigenvalue weighted by atomic mass is 10.1. The molecule has 1 fully saturated rings. The van der Waals surface area contributed by atoms with E-state index >= 15 is 0 Å². The Labute approximate surface area is 129 Å². The van der Waals surface area contributed by atoms with E-state index in [0.717, 1.165) is 31.6 Å². The fourth-order valence-electron chi connectivity index (χ4n) is 3.16. The number of benzene rings is 1. The zero-order chi connectivity index (χ0) is 15.7. The number of amides is 1. The van der Waals surface area contributed by atoms with Crippen LogP contribution in [0.5, 0.6) is 0 Å².